The van der Waals surface area contributed by atoms with Crippen molar-refractivity contribution in [2.24, 2.45) is 0 Å². The number of H-pyrrole nitrogens is 1. The van der Waals surface area contributed by atoms with Gasteiger partial charge in [-0.05, 0) is 24.3 Å². The Balaban J connectivity index is 2.01. The SMILES string of the molecule is O=S(=O)(Nc1ccc(F)cn1)c1c[nH]c2ncccc12. The number of halogens is 1. The van der Waals surface area contributed by atoms with Crippen molar-refractivity contribution in [3.05, 3.63) is 48.7 Å². The van der Waals surface area contributed by atoms with E-state index in [-0.39, 0.29) is 10.7 Å². The number of hydrogen-bond acceptors (Lipinski definition) is 4. The standard InChI is InChI=1S/C12H9FN4O2S/c13-8-3-4-11(15-6-8)17-20(18,19)10-7-16-12-9(10)2-1-5-14-12/h1-7H,(H,14,16)(H,15,17). The average molecular weight is 292 g/mol. The van der Waals surface area contributed by atoms with E-state index in [0.717, 1.165) is 12.3 Å². The van der Waals surface area contributed by atoms with Crippen molar-refractivity contribution in [1.29, 1.82) is 0 Å². The molecule has 0 spiro atoms. The molecule has 3 heterocycles. The van der Waals surface area contributed by atoms with Gasteiger partial charge in [-0.2, -0.15) is 0 Å². The summed E-state index contributed by atoms with van der Waals surface area (Å²) in [5, 5.41) is 0.474. The first kappa shape index (κ1) is 12.5. The highest BCUT2D eigenvalue weighted by Crippen LogP contribution is 2.22. The van der Waals surface area contributed by atoms with Crippen LogP contribution >= 0.6 is 0 Å². The monoisotopic (exact) mass is 292 g/mol. The molecule has 0 aliphatic rings. The molecular weight excluding hydrogens is 283 g/mol. The topological polar surface area (TPSA) is 87.7 Å². The van der Waals surface area contributed by atoms with Crippen LogP contribution in [0.15, 0.2) is 47.8 Å². The van der Waals surface area contributed by atoms with Gasteiger partial charge in [0, 0.05) is 17.8 Å². The Morgan fingerprint density at radius 3 is 2.80 bits per heavy atom. The van der Waals surface area contributed by atoms with Crippen molar-refractivity contribution in [3.63, 3.8) is 0 Å². The molecule has 0 saturated carbocycles. The van der Waals surface area contributed by atoms with Gasteiger partial charge in [0.2, 0.25) is 0 Å². The lowest BCUT2D eigenvalue weighted by Gasteiger charge is -2.05. The second-order valence-corrected chi connectivity index (χ2v) is 5.67. The molecule has 0 aliphatic carbocycles. The van der Waals surface area contributed by atoms with Gasteiger partial charge in [-0.25, -0.2) is 22.8 Å². The highest BCUT2D eigenvalue weighted by atomic mass is 32.2. The molecule has 0 bridgehead atoms. The fraction of sp³-hybridized carbons (Fsp3) is 0. The van der Waals surface area contributed by atoms with E-state index in [4.69, 9.17) is 0 Å². The van der Waals surface area contributed by atoms with Crippen molar-refractivity contribution < 1.29 is 12.8 Å². The van der Waals surface area contributed by atoms with Gasteiger partial charge in [0.05, 0.1) is 6.20 Å². The molecule has 20 heavy (non-hydrogen) atoms. The summed E-state index contributed by atoms with van der Waals surface area (Å²) in [6, 6.07) is 5.67. The Bertz CT molecular complexity index is 859. The maximum atomic E-state index is 12.7. The molecule has 0 atom stereocenters. The molecule has 102 valence electrons. The zero-order valence-corrected chi connectivity index (χ0v) is 10.9. The second-order valence-electron chi connectivity index (χ2n) is 4.02. The zero-order valence-electron chi connectivity index (χ0n) is 10.0. The third-order valence-corrected chi connectivity index (χ3v) is 4.06. The quantitative estimate of drug-likeness (QED) is 0.771. The van der Waals surface area contributed by atoms with Crippen LogP contribution < -0.4 is 4.72 Å². The molecule has 0 radical (unpaired) electrons. The minimum atomic E-state index is -3.82. The number of fused-ring (bicyclic) bond motifs is 1. The van der Waals surface area contributed by atoms with E-state index >= 15 is 0 Å². The average Bonchev–Trinajstić information content (AvgIpc) is 2.86. The number of anilines is 1. The summed E-state index contributed by atoms with van der Waals surface area (Å²) in [4.78, 5) is 10.5. The van der Waals surface area contributed by atoms with E-state index in [1.807, 2.05) is 0 Å². The van der Waals surface area contributed by atoms with Crippen molar-refractivity contribution in [2.45, 2.75) is 4.90 Å². The van der Waals surface area contributed by atoms with Crippen LogP contribution in [0.5, 0.6) is 0 Å². The van der Waals surface area contributed by atoms with Gasteiger partial charge in [-0.15, -0.1) is 0 Å². The molecular formula is C12H9FN4O2S. The normalized spacial score (nSPS) is 11.7. The molecule has 3 rings (SSSR count). The molecule has 0 aliphatic heterocycles. The Hall–Kier alpha value is -2.48. The fourth-order valence-electron chi connectivity index (χ4n) is 1.78. The molecule has 3 aromatic rings. The predicted molar refractivity (Wildman–Crippen MR) is 71.1 cm³/mol. The van der Waals surface area contributed by atoms with Crippen LogP contribution in [0.2, 0.25) is 0 Å². The number of nitrogens with one attached hydrogen (secondary N) is 2. The maximum absolute atomic E-state index is 12.7. The minimum Gasteiger partial charge on any atom is -0.345 e. The van der Waals surface area contributed by atoms with Crippen LogP contribution in [0.25, 0.3) is 11.0 Å². The second kappa shape index (κ2) is 4.57. The van der Waals surface area contributed by atoms with Gasteiger partial charge in [0.25, 0.3) is 10.0 Å². The largest absolute Gasteiger partial charge is 0.345 e. The molecule has 0 unspecified atom stereocenters. The van der Waals surface area contributed by atoms with Crippen molar-refractivity contribution in [3.8, 4) is 0 Å². The molecule has 8 heteroatoms. The van der Waals surface area contributed by atoms with Crippen LogP contribution in [0.3, 0.4) is 0 Å². The van der Waals surface area contributed by atoms with Crippen molar-refractivity contribution in [1.82, 2.24) is 15.0 Å². The van der Waals surface area contributed by atoms with Crippen LogP contribution in [0.4, 0.5) is 10.2 Å². The van der Waals surface area contributed by atoms with E-state index in [1.165, 1.54) is 12.3 Å². The first-order chi connectivity index (χ1) is 9.56. The number of aromatic nitrogens is 3. The zero-order chi connectivity index (χ0) is 14.2. The highest BCUT2D eigenvalue weighted by molar-refractivity contribution is 7.93. The summed E-state index contributed by atoms with van der Waals surface area (Å²) in [5.41, 5.74) is 0.472. The molecule has 0 fully saturated rings. The summed E-state index contributed by atoms with van der Waals surface area (Å²) in [6.45, 7) is 0. The lowest BCUT2D eigenvalue weighted by atomic mass is 10.3. The summed E-state index contributed by atoms with van der Waals surface area (Å²) in [6.07, 6.45) is 3.85. The Kier molecular flexibility index (Phi) is 2.87. The van der Waals surface area contributed by atoms with Crippen molar-refractivity contribution in [2.75, 3.05) is 4.72 Å². The van der Waals surface area contributed by atoms with Crippen LogP contribution in [0, 0.1) is 5.82 Å². The Morgan fingerprint density at radius 1 is 1.20 bits per heavy atom. The highest BCUT2D eigenvalue weighted by Gasteiger charge is 2.19. The van der Waals surface area contributed by atoms with Gasteiger partial charge in [-0.1, -0.05) is 0 Å². The maximum Gasteiger partial charge on any atom is 0.265 e. The Morgan fingerprint density at radius 2 is 2.05 bits per heavy atom. The molecule has 0 aromatic carbocycles. The molecule has 2 N–H and O–H groups in total. The summed E-state index contributed by atoms with van der Waals surface area (Å²) in [7, 11) is -3.82. The first-order valence-electron chi connectivity index (χ1n) is 5.63. The number of pyridine rings is 2. The smallest absolute Gasteiger partial charge is 0.265 e. The summed E-state index contributed by atoms with van der Waals surface area (Å²) < 4.78 is 39.6. The van der Waals surface area contributed by atoms with E-state index in [9.17, 15) is 12.8 Å². The van der Waals surface area contributed by atoms with Gasteiger partial charge in [-0.3, -0.25) is 4.72 Å². The van der Waals surface area contributed by atoms with Crippen LogP contribution in [-0.4, -0.2) is 23.4 Å². The molecule has 0 saturated heterocycles. The summed E-state index contributed by atoms with van der Waals surface area (Å²) in [5.74, 6) is -0.492. The lowest BCUT2D eigenvalue weighted by Crippen LogP contribution is -2.13. The molecule has 6 nitrogen and oxygen atoms in total. The van der Waals surface area contributed by atoms with E-state index < -0.39 is 15.8 Å². The van der Waals surface area contributed by atoms with Gasteiger partial charge < -0.3 is 4.98 Å². The van der Waals surface area contributed by atoms with Gasteiger partial charge in [0.1, 0.15) is 22.2 Å². The van der Waals surface area contributed by atoms with Gasteiger partial charge >= 0.3 is 0 Å². The fourth-order valence-corrected chi connectivity index (χ4v) is 2.96. The third kappa shape index (κ3) is 2.21. The predicted octanol–water partition coefficient (Wildman–Crippen LogP) is 1.90. The lowest BCUT2D eigenvalue weighted by molar-refractivity contribution is 0.601. The number of aromatic amines is 1. The minimum absolute atomic E-state index is 0.0460. The van der Waals surface area contributed by atoms with Crippen LogP contribution in [0.1, 0.15) is 0 Å². The third-order valence-electron chi connectivity index (χ3n) is 2.67. The number of rotatable bonds is 3. The summed E-state index contributed by atoms with van der Waals surface area (Å²) >= 11 is 0. The van der Waals surface area contributed by atoms with Crippen LogP contribution in [-0.2, 0) is 10.0 Å². The Labute approximate surface area is 113 Å². The number of hydrogen-bond donors (Lipinski definition) is 2. The van der Waals surface area contributed by atoms with E-state index in [1.54, 1.807) is 18.3 Å². The van der Waals surface area contributed by atoms with Gasteiger partial charge in [0.15, 0.2) is 0 Å². The number of nitrogens with zero attached hydrogens (tertiary/aromatic N) is 2. The van der Waals surface area contributed by atoms with E-state index in [2.05, 4.69) is 19.7 Å². The van der Waals surface area contributed by atoms with E-state index in [0.29, 0.717) is 11.0 Å². The molecule has 3 aromatic heterocycles. The molecule has 0 amide bonds. The van der Waals surface area contributed by atoms with Crippen molar-refractivity contribution >= 4 is 26.9 Å². The number of sulfonamides is 1. The first-order valence-corrected chi connectivity index (χ1v) is 7.11.